The minimum Gasteiger partial charge on any atom is -0.332 e. The van der Waals surface area contributed by atoms with Crippen LogP contribution in [0, 0.1) is 12.7 Å². The van der Waals surface area contributed by atoms with Gasteiger partial charge in [-0.1, -0.05) is 22.9 Å². The third-order valence-corrected chi connectivity index (χ3v) is 5.04. The Balaban J connectivity index is 1.80. The van der Waals surface area contributed by atoms with Crippen LogP contribution in [0.25, 0.3) is 0 Å². The van der Waals surface area contributed by atoms with E-state index < -0.39 is 17.6 Å². The van der Waals surface area contributed by atoms with Gasteiger partial charge in [-0.2, -0.15) is 13.2 Å². The molecule has 0 unspecified atom stereocenters. The Morgan fingerprint density at radius 1 is 1.14 bits per heavy atom. The number of aryl methyl sites for hydroxylation is 1. The summed E-state index contributed by atoms with van der Waals surface area (Å²) in [7, 11) is 0. The van der Waals surface area contributed by atoms with Crippen molar-refractivity contribution in [1.82, 2.24) is 4.98 Å². The van der Waals surface area contributed by atoms with Crippen molar-refractivity contribution in [2.24, 2.45) is 0 Å². The average Bonchev–Trinajstić information content (AvgIpc) is 2.98. The van der Waals surface area contributed by atoms with Gasteiger partial charge in [-0.15, -0.1) is 0 Å². The van der Waals surface area contributed by atoms with Crippen molar-refractivity contribution in [3.63, 3.8) is 0 Å². The number of aromatic nitrogens is 1. The van der Waals surface area contributed by atoms with E-state index in [9.17, 15) is 22.4 Å². The second-order valence-electron chi connectivity index (χ2n) is 5.71. The van der Waals surface area contributed by atoms with Crippen LogP contribution in [-0.2, 0) is 6.18 Å². The van der Waals surface area contributed by atoms with Crippen molar-refractivity contribution in [1.29, 1.82) is 0 Å². The van der Waals surface area contributed by atoms with E-state index in [1.165, 1.54) is 24.3 Å². The third kappa shape index (κ3) is 4.60. The number of benzene rings is 2. The van der Waals surface area contributed by atoms with Crippen LogP contribution in [0.1, 0.15) is 20.9 Å². The molecule has 0 aliphatic carbocycles. The number of anilines is 3. The highest BCUT2D eigenvalue weighted by Gasteiger charge is 2.31. The minimum absolute atomic E-state index is 0.0202. The zero-order valence-electron chi connectivity index (χ0n) is 14.2. The van der Waals surface area contributed by atoms with Crippen molar-refractivity contribution < 1.29 is 22.4 Å². The molecule has 1 amide bonds. The summed E-state index contributed by atoms with van der Waals surface area (Å²) in [4.78, 5) is 16.9. The number of nitrogens with one attached hydrogen (secondary N) is 2. The number of hydrogen-bond donors (Lipinski definition) is 2. The van der Waals surface area contributed by atoms with Gasteiger partial charge in [0.1, 0.15) is 10.7 Å². The Morgan fingerprint density at radius 3 is 2.46 bits per heavy atom. The molecular weight excluding hydrogens is 418 g/mol. The Hall–Kier alpha value is -2.65. The fourth-order valence-electron chi connectivity index (χ4n) is 2.29. The lowest BCUT2D eigenvalue weighted by molar-refractivity contribution is -0.137. The molecule has 1 aromatic heterocycles. The SMILES string of the molecule is Cc1nc(Nc2ccc(F)cc2)sc1C(=O)Nc1cc(C(F)(F)F)ccc1Cl. The molecule has 0 radical (unpaired) electrons. The lowest BCUT2D eigenvalue weighted by atomic mass is 10.2. The van der Waals surface area contributed by atoms with E-state index in [1.807, 2.05) is 0 Å². The zero-order chi connectivity index (χ0) is 20.5. The number of thiazole rings is 1. The molecule has 146 valence electrons. The summed E-state index contributed by atoms with van der Waals surface area (Å²) >= 11 is 6.91. The first kappa shape index (κ1) is 20.1. The number of carbonyl (C=O) groups excluding carboxylic acids is 1. The van der Waals surface area contributed by atoms with Crippen LogP contribution in [-0.4, -0.2) is 10.9 Å². The molecule has 2 aromatic carbocycles. The molecule has 0 spiro atoms. The van der Waals surface area contributed by atoms with Gasteiger partial charge in [0.25, 0.3) is 5.91 Å². The first-order valence-corrected chi connectivity index (χ1v) is 9.01. The largest absolute Gasteiger partial charge is 0.416 e. The van der Waals surface area contributed by atoms with Crippen molar-refractivity contribution in [3.8, 4) is 0 Å². The van der Waals surface area contributed by atoms with Crippen LogP contribution in [0.15, 0.2) is 42.5 Å². The Bertz CT molecular complexity index is 1020. The Labute approximate surface area is 166 Å². The molecule has 2 N–H and O–H groups in total. The zero-order valence-corrected chi connectivity index (χ0v) is 15.8. The molecule has 28 heavy (non-hydrogen) atoms. The number of rotatable bonds is 4. The molecule has 1 heterocycles. The molecule has 0 fully saturated rings. The van der Waals surface area contributed by atoms with E-state index in [0.29, 0.717) is 16.5 Å². The molecule has 0 atom stereocenters. The fourth-order valence-corrected chi connectivity index (χ4v) is 3.34. The number of carbonyl (C=O) groups is 1. The molecule has 0 aliphatic heterocycles. The standard InChI is InChI=1S/C18H12ClF4N3OS/c1-9-15(28-17(24-9)25-12-5-3-11(20)4-6-12)16(27)26-14-8-10(18(21,22)23)2-7-13(14)19/h2-8H,1H3,(H,24,25)(H,26,27). The van der Waals surface area contributed by atoms with E-state index >= 15 is 0 Å². The average molecular weight is 430 g/mol. The van der Waals surface area contributed by atoms with Crippen LogP contribution >= 0.6 is 22.9 Å². The smallest absolute Gasteiger partial charge is 0.332 e. The van der Waals surface area contributed by atoms with Gasteiger partial charge in [0, 0.05) is 5.69 Å². The third-order valence-electron chi connectivity index (χ3n) is 3.64. The first-order valence-electron chi connectivity index (χ1n) is 7.81. The highest BCUT2D eigenvalue weighted by molar-refractivity contribution is 7.17. The van der Waals surface area contributed by atoms with E-state index in [1.54, 1.807) is 6.92 Å². The molecule has 3 rings (SSSR count). The Morgan fingerprint density at radius 2 is 1.82 bits per heavy atom. The molecule has 0 saturated carbocycles. The molecule has 4 nitrogen and oxygen atoms in total. The summed E-state index contributed by atoms with van der Waals surface area (Å²) < 4.78 is 51.6. The fraction of sp³-hybridized carbons (Fsp3) is 0.111. The molecule has 0 aliphatic rings. The van der Waals surface area contributed by atoms with Crippen LogP contribution in [0.3, 0.4) is 0 Å². The van der Waals surface area contributed by atoms with Crippen molar-refractivity contribution in [2.45, 2.75) is 13.1 Å². The van der Waals surface area contributed by atoms with E-state index in [4.69, 9.17) is 11.6 Å². The maximum absolute atomic E-state index is 13.0. The Kier molecular flexibility index (Phi) is 5.57. The minimum atomic E-state index is -4.56. The summed E-state index contributed by atoms with van der Waals surface area (Å²) in [5, 5.41) is 5.68. The first-order chi connectivity index (χ1) is 13.1. The summed E-state index contributed by atoms with van der Waals surface area (Å²) in [5.74, 6) is -1.03. The van der Waals surface area contributed by atoms with Gasteiger partial charge in [-0.25, -0.2) is 9.37 Å². The second kappa shape index (κ2) is 7.76. The van der Waals surface area contributed by atoms with Crippen LogP contribution in [0.4, 0.5) is 34.1 Å². The van der Waals surface area contributed by atoms with Crippen molar-refractivity contribution in [2.75, 3.05) is 10.6 Å². The molecule has 0 bridgehead atoms. The summed E-state index contributed by atoms with van der Waals surface area (Å²) in [6.07, 6.45) is -4.56. The number of hydrogen-bond acceptors (Lipinski definition) is 4. The van der Waals surface area contributed by atoms with Gasteiger partial charge in [0.05, 0.1) is 22.0 Å². The van der Waals surface area contributed by atoms with Crippen LogP contribution in [0.2, 0.25) is 5.02 Å². The quantitative estimate of drug-likeness (QED) is 0.481. The number of alkyl halides is 3. The van der Waals surface area contributed by atoms with E-state index in [2.05, 4.69) is 15.6 Å². The van der Waals surface area contributed by atoms with Gasteiger partial charge in [-0.05, 0) is 49.4 Å². The van der Waals surface area contributed by atoms with Gasteiger partial charge < -0.3 is 10.6 Å². The van der Waals surface area contributed by atoms with Crippen LogP contribution in [0.5, 0.6) is 0 Å². The highest BCUT2D eigenvalue weighted by Crippen LogP contribution is 2.34. The topological polar surface area (TPSA) is 54.0 Å². The summed E-state index contributed by atoms with van der Waals surface area (Å²) in [6, 6.07) is 8.23. The van der Waals surface area contributed by atoms with E-state index in [0.717, 1.165) is 29.5 Å². The summed E-state index contributed by atoms with van der Waals surface area (Å²) in [5.41, 5.74) is -0.118. The summed E-state index contributed by atoms with van der Waals surface area (Å²) in [6.45, 7) is 1.59. The van der Waals surface area contributed by atoms with Crippen molar-refractivity contribution >= 4 is 45.4 Å². The van der Waals surface area contributed by atoms with Gasteiger partial charge in [0.15, 0.2) is 5.13 Å². The lowest BCUT2D eigenvalue weighted by Gasteiger charge is -2.11. The monoisotopic (exact) mass is 429 g/mol. The van der Waals surface area contributed by atoms with Crippen molar-refractivity contribution in [3.05, 3.63) is 69.4 Å². The van der Waals surface area contributed by atoms with Gasteiger partial charge >= 0.3 is 6.18 Å². The molecular formula is C18H12ClF4N3OS. The highest BCUT2D eigenvalue weighted by atomic mass is 35.5. The maximum Gasteiger partial charge on any atom is 0.416 e. The van der Waals surface area contributed by atoms with Gasteiger partial charge in [0.2, 0.25) is 0 Å². The van der Waals surface area contributed by atoms with Crippen LogP contribution < -0.4 is 10.6 Å². The number of halogens is 5. The predicted molar refractivity (Wildman–Crippen MR) is 101 cm³/mol. The van der Waals surface area contributed by atoms with E-state index in [-0.39, 0.29) is 21.4 Å². The van der Waals surface area contributed by atoms with Gasteiger partial charge in [-0.3, -0.25) is 4.79 Å². The number of amides is 1. The maximum atomic E-state index is 13.0. The molecule has 3 aromatic rings. The second-order valence-corrected chi connectivity index (χ2v) is 7.12. The predicted octanol–water partition coefficient (Wildman–Crippen LogP) is 6.26. The normalized spacial score (nSPS) is 11.4. The lowest BCUT2D eigenvalue weighted by Crippen LogP contribution is -2.13. The molecule has 0 saturated heterocycles. The molecule has 10 heteroatoms. The number of nitrogens with zero attached hydrogens (tertiary/aromatic N) is 1.